The van der Waals surface area contributed by atoms with E-state index < -0.39 is 11.9 Å². The number of hydrogen-bond acceptors (Lipinski definition) is 2. The number of carboxylic acid groups (broad SMARTS) is 2. The van der Waals surface area contributed by atoms with Crippen LogP contribution in [0.25, 0.3) is 0 Å². The zero-order chi connectivity index (χ0) is 19.6. The Morgan fingerprint density at radius 3 is 1.00 bits per heavy atom. The molecule has 0 aliphatic heterocycles. The van der Waals surface area contributed by atoms with Crippen molar-refractivity contribution in [3.63, 3.8) is 0 Å². The van der Waals surface area contributed by atoms with Crippen LogP contribution in [0.4, 0.5) is 0 Å². The third kappa shape index (κ3) is 15.9. The second kappa shape index (κ2) is 16.9. The Kier molecular flexibility index (Phi) is 15.8. The standard InChI is InChI=1S/C22H38O4/c1-19(21(23)24)17-15-13-11-9-7-5-3-4-6-8-10-12-14-16-18-20(2)22(25)26/h17-18H,3-16H2,1-2H3,(H,23,24)(H,25,26)/b19-17+,20-18+. The summed E-state index contributed by atoms with van der Waals surface area (Å²) < 4.78 is 0. The molecule has 4 nitrogen and oxygen atoms in total. The number of carbonyl (C=O) groups is 2. The number of aliphatic carboxylic acids is 2. The maximum absolute atomic E-state index is 10.6. The molecular weight excluding hydrogens is 328 g/mol. The Labute approximate surface area is 159 Å². The van der Waals surface area contributed by atoms with E-state index in [-0.39, 0.29) is 0 Å². The fraction of sp³-hybridized carbons (Fsp3) is 0.727. The molecule has 0 atom stereocenters. The van der Waals surface area contributed by atoms with Crippen LogP contribution in [0, 0.1) is 0 Å². The lowest BCUT2D eigenvalue weighted by atomic mass is 10.0. The summed E-state index contributed by atoms with van der Waals surface area (Å²) in [6.45, 7) is 3.31. The SMILES string of the molecule is C/C(=C\CCCCCCCCCCCCCC/C=C(\C)C(=O)O)C(=O)O. The van der Waals surface area contributed by atoms with Gasteiger partial charge in [0.15, 0.2) is 0 Å². The van der Waals surface area contributed by atoms with E-state index in [1.54, 1.807) is 13.8 Å². The molecule has 0 aliphatic rings. The summed E-state index contributed by atoms with van der Waals surface area (Å²) in [6.07, 6.45) is 20.3. The van der Waals surface area contributed by atoms with Gasteiger partial charge in [0.25, 0.3) is 0 Å². The fourth-order valence-corrected chi connectivity index (χ4v) is 2.87. The molecule has 0 aliphatic carbocycles. The minimum absolute atomic E-state index is 0.455. The molecule has 0 aromatic carbocycles. The van der Waals surface area contributed by atoms with E-state index in [9.17, 15) is 9.59 Å². The van der Waals surface area contributed by atoms with Gasteiger partial charge >= 0.3 is 11.9 Å². The predicted molar refractivity (Wildman–Crippen MR) is 107 cm³/mol. The van der Waals surface area contributed by atoms with Crippen molar-refractivity contribution in [1.82, 2.24) is 0 Å². The lowest BCUT2D eigenvalue weighted by Crippen LogP contribution is -1.95. The minimum atomic E-state index is -0.810. The highest BCUT2D eigenvalue weighted by Crippen LogP contribution is 2.13. The minimum Gasteiger partial charge on any atom is -0.478 e. The zero-order valence-electron chi connectivity index (χ0n) is 16.8. The second-order valence-electron chi connectivity index (χ2n) is 7.20. The summed E-state index contributed by atoms with van der Waals surface area (Å²) in [6, 6.07) is 0. The number of unbranched alkanes of at least 4 members (excludes halogenated alkanes) is 13. The number of carboxylic acids is 2. The zero-order valence-corrected chi connectivity index (χ0v) is 16.8. The van der Waals surface area contributed by atoms with Crippen LogP contribution >= 0.6 is 0 Å². The Morgan fingerprint density at radius 1 is 0.538 bits per heavy atom. The van der Waals surface area contributed by atoms with Crippen LogP contribution < -0.4 is 0 Å². The van der Waals surface area contributed by atoms with Gasteiger partial charge in [0.1, 0.15) is 0 Å². The van der Waals surface area contributed by atoms with Crippen LogP contribution in [0.15, 0.2) is 23.3 Å². The lowest BCUT2D eigenvalue weighted by molar-refractivity contribution is -0.133. The average molecular weight is 367 g/mol. The van der Waals surface area contributed by atoms with Crippen molar-refractivity contribution in [3.05, 3.63) is 23.3 Å². The van der Waals surface area contributed by atoms with E-state index in [4.69, 9.17) is 10.2 Å². The summed E-state index contributed by atoms with van der Waals surface area (Å²) >= 11 is 0. The Morgan fingerprint density at radius 2 is 0.769 bits per heavy atom. The molecule has 0 heterocycles. The first-order valence-electron chi connectivity index (χ1n) is 10.2. The van der Waals surface area contributed by atoms with E-state index in [2.05, 4.69) is 0 Å². The van der Waals surface area contributed by atoms with Crippen molar-refractivity contribution < 1.29 is 19.8 Å². The van der Waals surface area contributed by atoms with Crippen molar-refractivity contribution in [1.29, 1.82) is 0 Å². The van der Waals surface area contributed by atoms with Crippen molar-refractivity contribution in [2.75, 3.05) is 0 Å². The molecule has 0 aromatic rings. The predicted octanol–water partition coefficient (Wildman–Crippen LogP) is 6.51. The van der Waals surface area contributed by atoms with Crippen LogP contribution in [0.2, 0.25) is 0 Å². The first-order valence-corrected chi connectivity index (χ1v) is 10.2. The van der Waals surface area contributed by atoms with Crippen molar-refractivity contribution in [2.45, 2.75) is 104 Å². The quantitative estimate of drug-likeness (QED) is 0.227. The number of hydrogen-bond donors (Lipinski definition) is 2. The molecule has 0 saturated carbocycles. The fourth-order valence-electron chi connectivity index (χ4n) is 2.87. The first kappa shape index (κ1) is 24.4. The van der Waals surface area contributed by atoms with E-state index in [0.29, 0.717) is 11.1 Å². The molecule has 0 rings (SSSR count). The molecule has 0 amide bonds. The highest BCUT2D eigenvalue weighted by molar-refractivity contribution is 5.86. The maximum Gasteiger partial charge on any atom is 0.330 e. The molecule has 0 fully saturated rings. The number of allylic oxidation sites excluding steroid dienone is 2. The van der Waals surface area contributed by atoms with Gasteiger partial charge in [-0.15, -0.1) is 0 Å². The molecule has 4 heteroatoms. The smallest absolute Gasteiger partial charge is 0.330 e. The molecular formula is C22H38O4. The van der Waals surface area contributed by atoms with Gasteiger partial charge in [-0.2, -0.15) is 0 Å². The maximum atomic E-state index is 10.6. The van der Waals surface area contributed by atoms with Crippen LogP contribution in [0.5, 0.6) is 0 Å². The molecule has 0 saturated heterocycles. The molecule has 0 unspecified atom stereocenters. The monoisotopic (exact) mass is 366 g/mol. The first-order chi connectivity index (χ1) is 12.4. The third-order valence-corrected chi connectivity index (χ3v) is 4.73. The Bertz CT molecular complexity index is 407. The van der Waals surface area contributed by atoms with Gasteiger partial charge in [-0.1, -0.05) is 76.4 Å². The summed E-state index contributed by atoms with van der Waals surface area (Å²) in [5.41, 5.74) is 0.911. The summed E-state index contributed by atoms with van der Waals surface area (Å²) in [7, 11) is 0. The molecule has 0 bridgehead atoms. The van der Waals surface area contributed by atoms with E-state index in [0.717, 1.165) is 25.7 Å². The van der Waals surface area contributed by atoms with Crippen molar-refractivity contribution in [2.24, 2.45) is 0 Å². The molecule has 0 spiro atoms. The molecule has 2 N–H and O–H groups in total. The normalized spacial score (nSPS) is 12.4. The molecule has 26 heavy (non-hydrogen) atoms. The van der Waals surface area contributed by atoms with Gasteiger partial charge < -0.3 is 10.2 Å². The van der Waals surface area contributed by atoms with Gasteiger partial charge in [-0.25, -0.2) is 9.59 Å². The Hall–Kier alpha value is -1.58. The van der Waals surface area contributed by atoms with Gasteiger partial charge in [-0.3, -0.25) is 0 Å². The van der Waals surface area contributed by atoms with Crippen molar-refractivity contribution >= 4 is 11.9 Å². The van der Waals surface area contributed by atoms with E-state index in [1.807, 2.05) is 12.2 Å². The Balaban J connectivity index is 3.25. The van der Waals surface area contributed by atoms with Gasteiger partial charge in [-0.05, 0) is 39.5 Å². The van der Waals surface area contributed by atoms with Crippen LogP contribution in [0.3, 0.4) is 0 Å². The highest BCUT2D eigenvalue weighted by atomic mass is 16.4. The van der Waals surface area contributed by atoms with Crippen LogP contribution in [0.1, 0.15) is 104 Å². The largest absolute Gasteiger partial charge is 0.478 e. The summed E-state index contributed by atoms with van der Waals surface area (Å²) in [4.78, 5) is 21.3. The van der Waals surface area contributed by atoms with Gasteiger partial charge in [0.05, 0.1) is 0 Å². The summed E-state index contributed by atoms with van der Waals surface area (Å²) in [5.74, 6) is -1.62. The third-order valence-electron chi connectivity index (χ3n) is 4.73. The lowest BCUT2D eigenvalue weighted by Gasteiger charge is -2.03. The summed E-state index contributed by atoms with van der Waals surface area (Å²) in [5, 5.41) is 17.5. The van der Waals surface area contributed by atoms with Gasteiger partial charge in [0, 0.05) is 11.1 Å². The highest BCUT2D eigenvalue weighted by Gasteiger charge is 1.99. The van der Waals surface area contributed by atoms with E-state index >= 15 is 0 Å². The molecule has 0 aromatic heterocycles. The topological polar surface area (TPSA) is 74.6 Å². The second-order valence-corrected chi connectivity index (χ2v) is 7.20. The molecule has 0 radical (unpaired) electrons. The van der Waals surface area contributed by atoms with Crippen LogP contribution in [-0.4, -0.2) is 22.2 Å². The van der Waals surface area contributed by atoms with Crippen molar-refractivity contribution in [3.8, 4) is 0 Å². The molecule has 150 valence electrons. The average Bonchev–Trinajstić information content (AvgIpc) is 2.60. The number of rotatable bonds is 17. The van der Waals surface area contributed by atoms with Crippen LogP contribution in [-0.2, 0) is 9.59 Å². The van der Waals surface area contributed by atoms with E-state index in [1.165, 1.54) is 64.2 Å². The van der Waals surface area contributed by atoms with Gasteiger partial charge in [0.2, 0.25) is 0 Å².